The number of nitrogens with one attached hydrogen (secondary N) is 1. The number of esters is 1. The van der Waals surface area contributed by atoms with Crippen molar-refractivity contribution in [1.29, 1.82) is 0 Å². The van der Waals surface area contributed by atoms with E-state index in [4.69, 9.17) is 14.6 Å². The minimum absolute atomic E-state index is 0.00707. The molecule has 0 spiro atoms. The van der Waals surface area contributed by atoms with Gasteiger partial charge in [-0.15, -0.1) is 0 Å². The van der Waals surface area contributed by atoms with Crippen LogP contribution in [0, 0.1) is 11.8 Å². The molecule has 0 bridgehead atoms. The number of carbonyl (C=O) groups is 4. The Balaban J connectivity index is 1.83. The molecule has 0 unspecified atom stereocenters. The van der Waals surface area contributed by atoms with Gasteiger partial charge in [0.05, 0.1) is 12.3 Å². The van der Waals surface area contributed by atoms with Gasteiger partial charge in [0, 0.05) is 43.7 Å². The predicted molar refractivity (Wildman–Crippen MR) is 155 cm³/mol. The van der Waals surface area contributed by atoms with Gasteiger partial charge in [0.15, 0.2) is 0 Å². The van der Waals surface area contributed by atoms with Gasteiger partial charge in [0.2, 0.25) is 5.91 Å². The SMILES string of the molecule is CCOC(=O)N1CCN(C(=O)[C@H](CCC(=O)OC(C)(C)C)NC(=O)c2cc(C#CCO)cc(-c3ccccc3)n2)CC1. The van der Waals surface area contributed by atoms with Crippen molar-refractivity contribution in [2.75, 3.05) is 39.4 Å². The smallest absolute Gasteiger partial charge is 0.409 e. The maximum Gasteiger partial charge on any atom is 0.409 e. The molecule has 11 nitrogen and oxygen atoms in total. The van der Waals surface area contributed by atoms with E-state index in [0.717, 1.165) is 5.56 Å². The summed E-state index contributed by atoms with van der Waals surface area (Å²) in [6.45, 7) is 7.94. The fourth-order valence-corrected chi connectivity index (χ4v) is 4.31. The molecule has 1 saturated heterocycles. The summed E-state index contributed by atoms with van der Waals surface area (Å²) in [5.74, 6) is 3.90. The highest BCUT2D eigenvalue weighted by molar-refractivity contribution is 5.97. The number of piperazine rings is 1. The minimum Gasteiger partial charge on any atom is -0.460 e. The summed E-state index contributed by atoms with van der Waals surface area (Å²) in [7, 11) is 0. The Hall–Kier alpha value is -4.43. The van der Waals surface area contributed by atoms with Crippen molar-refractivity contribution in [2.45, 2.75) is 52.2 Å². The second-order valence-corrected chi connectivity index (χ2v) is 10.6. The van der Waals surface area contributed by atoms with Crippen LogP contribution in [-0.4, -0.2) is 94.8 Å². The molecule has 1 atom stereocenters. The van der Waals surface area contributed by atoms with Crippen LogP contribution >= 0.6 is 0 Å². The molecular weight excluding hydrogens is 540 g/mol. The van der Waals surface area contributed by atoms with Gasteiger partial charge in [-0.25, -0.2) is 9.78 Å². The first-order valence-corrected chi connectivity index (χ1v) is 13.9. The van der Waals surface area contributed by atoms with E-state index in [1.807, 2.05) is 30.3 Å². The van der Waals surface area contributed by atoms with E-state index >= 15 is 0 Å². The third-order valence-corrected chi connectivity index (χ3v) is 6.22. The summed E-state index contributed by atoms with van der Waals surface area (Å²) >= 11 is 0. The largest absolute Gasteiger partial charge is 0.460 e. The number of aliphatic hydroxyl groups is 1. The zero-order valence-corrected chi connectivity index (χ0v) is 24.5. The first-order valence-electron chi connectivity index (χ1n) is 13.9. The highest BCUT2D eigenvalue weighted by Crippen LogP contribution is 2.20. The van der Waals surface area contributed by atoms with Gasteiger partial charge in [0.1, 0.15) is 23.9 Å². The quantitative estimate of drug-likeness (QED) is 0.360. The van der Waals surface area contributed by atoms with Crippen LogP contribution in [0.5, 0.6) is 0 Å². The van der Waals surface area contributed by atoms with Crippen molar-refractivity contribution < 1.29 is 33.8 Å². The Kier molecular flexibility index (Phi) is 11.4. The lowest BCUT2D eigenvalue weighted by Gasteiger charge is -2.36. The highest BCUT2D eigenvalue weighted by Gasteiger charge is 2.32. The Labute approximate surface area is 246 Å². The van der Waals surface area contributed by atoms with E-state index in [1.54, 1.807) is 38.7 Å². The molecule has 42 heavy (non-hydrogen) atoms. The number of carbonyl (C=O) groups excluding carboxylic acids is 4. The third-order valence-electron chi connectivity index (χ3n) is 6.22. The average Bonchev–Trinajstić information content (AvgIpc) is 2.97. The van der Waals surface area contributed by atoms with E-state index in [0.29, 0.717) is 11.3 Å². The van der Waals surface area contributed by atoms with Crippen molar-refractivity contribution in [2.24, 2.45) is 0 Å². The van der Waals surface area contributed by atoms with Crippen LogP contribution in [0.25, 0.3) is 11.3 Å². The molecule has 224 valence electrons. The Morgan fingerprint density at radius 3 is 2.33 bits per heavy atom. The summed E-state index contributed by atoms with van der Waals surface area (Å²) in [6.07, 6.45) is -0.530. The van der Waals surface area contributed by atoms with Crippen molar-refractivity contribution in [3.63, 3.8) is 0 Å². The normalized spacial score (nSPS) is 13.8. The molecule has 2 N–H and O–H groups in total. The lowest BCUT2D eigenvalue weighted by Crippen LogP contribution is -2.56. The number of hydrogen-bond donors (Lipinski definition) is 2. The molecule has 1 aliphatic rings. The standard InChI is InChI=1S/C31H38N4O7/c1-5-41-30(40)35-17-15-34(16-18-35)29(39)24(13-14-27(37)42-31(2,3)4)33-28(38)26-21-22(10-9-19-36)20-25(32-26)23-11-7-6-8-12-23/h6-8,11-12,20-21,24,36H,5,13-19H2,1-4H3,(H,33,38)/t24-/m0/s1. The highest BCUT2D eigenvalue weighted by atomic mass is 16.6. The average molecular weight is 579 g/mol. The summed E-state index contributed by atoms with van der Waals surface area (Å²) in [5.41, 5.74) is 1.06. The maximum atomic E-state index is 13.6. The molecule has 0 radical (unpaired) electrons. The molecule has 2 heterocycles. The zero-order chi connectivity index (χ0) is 30.7. The monoisotopic (exact) mass is 578 g/mol. The first-order chi connectivity index (χ1) is 20.0. The number of amides is 3. The van der Waals surface area contributed by atoms with Crippen LogP contribution in [0.4, 0.5) is 4.79 Å². The number of rotatable bonds is 8. The van der Waals surface area contributed by atoms with E-state index in [9.17, 15) is 19.2 Å². The summed E-state index contributed by atoms with van der Waals surface area (Å²) < 4.78 is 10.5. The molecule has 3 rings (SSSR count). The van der Waals surface area contributed by atoms with Crippen LogP contribution in [0.2, 0.25) is 0 Å². The Morgan fingerprint density at radius 2 is 1.71 bits per heavy atom. The minimum atomic E-state index is -1.05. The van der Waals surface area contributed by atoms with E-state index < -0.39 is 29.6 Å². The zero-order valence-electron chi connectivity index (χ0n) is 24.5. The third kappa shape index (κ3) is 9.59. The lowest BCUT2D eigenvalue weighted by molar-refractivity contribution is -0.155. The number of ether oxygens (including phenoxy) is 2. The Morgan fingerprint density at radius 1 is 1.05 bits per heavy atom. The van der Waals surface area contributed by atoms with Gasteiger partial charge in [-0.05, 0) is 46.2 Å². The van der Waals surface area contributed by atoms with Gasteiger partial charge in [-0.3, -0.25) is 14.4 Å². The van der Waals surface area contributed by atoms with Crippen LogP contribution in [0.1, 0.15) is 56.6 Å². The van der Waals surface area contributed by atoms with Crippen LogP contribution in [-0.2, 0) is 19.1 Å². The van der Waals surface area contributed by atoms with Crippen molar-refractivity contribution in [3.05, 3.63) is 53.7 Å². The maximum absolute atomic E-state index is 13.6. The summed E-state index contributed by atoms with van der Waals surface area (Å²) in [4.78, 5) is 59.3. The predicted octanol–water partition coefficient (Wildman–Crippen LogP) is 2.61. The van der Waals surface area contributed by atoms with Crippen LogP contribution in [0.3, 0.4) is 0 Å². The first kappa shape index (κ1) is 32.1. The molecule has 1 aliphatic heterocycles. The molecule has 11 heteroatoms. The topological polar surface area (TPSA) is 138 Å². The number of hydrogen-bond acceptors (Lipinski definition) is 8. The van der Waals surface area contributed by atoms with Crippen LogP contribution < -0.4 is 5.32 Å². The molecule has 1 aromatic heterocycles. The molecular formula is C31H38N4O7. The number of aromatic nitrogens is 1. The molecule has 0 aliphatic carbocycles. The van der Waals surface area contributed by atoms with Gasteiger partial charge >= 0.3 is 12.1 Å². The number of nitrogens with zero attached hydrogens (tertiary/aromatic N) is 3. The molecule has 1 aromatic carbocycles. The summed E-state index contributed by atoms with van der Waals surface area (Å²) in [6, 6.07) is 11.4. The van der Waals surface area contributed by atoms with Gasteiger partial charge in [-0.1, -0.05) is 42.2 Å². The number of pyridine rings is 1. The molecule has 2 aromatic rings. The van der Waals surface area contributed by atoms with Gasteiger partial charge < -0.3 is 29.7 Å². The van der Waals surface area contributed by atoms with Crippen molar-refractivity contribution in [3.8, 4) is 23.1 Å². The molecule has 3 amide bonds. The molecule has 1 fully saturated rings. The van der Waals surface area contributed by atoms with Gasteiger partial charge in [-0.2, -0.15) is 0 Å². The number of benzene rings is 1. The fraction of sp³-hybridized carbons (Fsp3) is 0.452. The molecule has 0 saturated carbocycles. The van der Waals surface area contributed by atoms with Crippen LogP contribution in [0.15, 0.2) is 42.5 Å². The second kappa shape index (κ2) is 15.0. The van der Waals surface area contributed by atoms with Crippen molar-refractivity contribution in [1.82, 2.24) is 20.1 Å². The lowest BCUT2D eigenvalue weighted by atomic mass is 10.1. The Bertz CT molecular complexity index is 1320. The summed E-state index contributed by atoms with van der Waals surface area (Å²) in [5, 5.41) is 11.9. The second-order valence-electron chi connectivity index (χ2n) is 10.6. The van der Waals surface area contributed by atoms with Crippen molar-refractivity contribution >= 4 is 23.9 Å². The fourth-order valence-electron chi connectivity index (χ4n) is 4.31. The van der Waals surface area contributed by atoms with E-state index in [1.165, 1.54) is 11.0 Å². The van der Waals surface area contributed by atoms with E-state index in [-0.39, 0.29) is 63.8 Å². The van der Waals surface area contributed by atoms with Gasteiger partial charge in [0.25, 0.3) is 5.91 Å². The van der Waals surface area contributed by atoms with E-state index in [2.05, 4.69) is 22.1 Å². The number of aliphatic hydroxyl groups excluding tert-OH is 1.